The molecule has 0 bridgehead atoms. The van der Waals surface area contributed by atoms with Crippen molar-refractivity contribution in [3.8, 4) is 0 Å². The number of nitrogens with one attached hydrogen (secondary N) is 1. The highest BCUT2D eigenvalue weighted by atomic mass is 35.5. The summed E-state index contributed by atoms with van der Waals surface area (Å²) in [5, 5.41) is 3.91. The van der Waals surface area contributed by atoms with E-state index >= 15 is 0 Å². The Labute approximate surface area is 113 Å². The van der Waals surface area contributed by atoms with E-state index in [0.717, 1.165) is 25.1 Å². The van der Waals surface area contributed by atoms with Crippen LogP contribution in [0.5, 0.6) is 0 Å². The molecule has 0 aliphatic rings. The van der Waals surface area contributed by atoms with E-state index in [1.165, 1.54) is 12.1 Å². The van der Waals surface area contributed by atoms with Crippen LogP contribution in [0, 0.1) is 11.2 Å². The van der Waals surface area contributed by atoms with Crippen LogP contribution in [0.4, 0.5) is 4.39 Å². The lowest BCUT2D eigenvalue weighted by atomic mass is 9.89. The number of ether oxygens (including phenoxy) is 1. The van der Waals surface area contributed by atoms with Gasteiger partial charge in [0.05, 0.1) is 0 Å². The molecule has 1 rings (SSSR count). The van der Waals surface area contributed by atoms with E-state index in [4.69, 9.17) is 16.3 Å². The lowest BCUT2D eigenvalue weighted by Crippen LogP contribution is -2.30. The van der Waals surface area contributed by atoms with E-state index in [9.17, 15) is 4.39 Å². The SMILES string of the molecule is COCCC(C)(C)CNCc1cc(F)ccc1Cl. The lowest BCUT2D eigenvalue weighted by molar-refractivity contribution is 0.150. The maximum atomic E-state index is 13.1. The van der Waals surface area contributed by atoms with E-state index in [1.807, 2.05) is 0 Å². The predicted octanol–water partition coefficient (Wildman–Crippen LogP) is 3.63. The van der Waals surface area contributed by atoms with Gasteiger partial charge in [-0.15, -0.1) is 0 Å². The monoisotopic (exact) mass is 273 g/mol. The van der Waals surface area contributed by atoms with Gasteiger partial charge in [0.15, 0.2) is 0 Å². The van der Waals surface area contributed by atoms with Crippen LogP contribution in [0.2, 0.25) is 5.02 Å². The molecular weight excluding hydrogens is 253 g/mol. The second-order valence-electron chi connectivity index (χ2n) is 5.25. The molecule has 1 aromatic rings. The van der Waals surface area contributed by atoms with Crippen LogP contribution >= 0.6 is 11.6 Å². The van der Waals surface area contributed by atoms with Crippen LogP contribution < -0.4 is 5.32 Å². The van der Waals surface area contributed by atoms with Crippen LogP contribution in [-0.2, 0) is 11.3 Å². The highest BCUT2D eigenvalue weighted by Crippen LogP contribution is 2.20. The highest BCUT2D eigenvalue weighted by Gasteiger charge is 2.17. The Morgan fingerprint density at radius 1 is 1.39 bits per heavy atom. The van der Waals surface area contributed by atoms with Gasteiger partial charge in [0.25, 0.3) is 0 Å². The first-order chi connectivity index (χ1) is 8.44. The summed E-state index contributed by atoms with van der Waals surface area (Å²) in [5.74, 6) is -0.255. The molecule has 0 amide bonds. The van der Waals surface area contributed by atoms with E-state index in [-0.39, 0.29) is 11.2 Å². The predicted molar refractivity (Wildman–Crippen MR) is 73.4 cm³/mol. The summed E-state index contributed by atoms with van der Waals surface area (Å²) < 4.78 is 18.2. The Morgan fingerprint density at radius 3 is 2.78 bits per heavy atom. The van der Waals surface area contributed by atoms with Gasteiger partial charge in [-0.3, -0.25) is 0 Å². The fraction of sp³-hybridized carbons (Fsp3) is 0.571. The fourth-order valence-electron chi connectivity index (χ4n) is 1.68. The summed E-state index contributed by atoms with van der Waals surface area (Å²) in [5.41, 5.74) is 0.940. The third-order valence-corrected chi connectivity index (χ3v) is 3.28. The Balaban J connectivity index is 2.43. The Bertz CT molecular complexity index is 382. The Kier molecular flexibility index (Phi) is 6.06. The van der Waals surface area contributed by atoms with E-state index in [0.29, 0.717) is 11.6 Å². The molecule has 0 atom stereocenters. The number of rotatable bonds is 7. The number of hydrogen-bond acceptors (Lipinski definition) is 2. The summed E-state index contributed by atoms with van der Waals surface area (Å²) in [6.45, 7) is 6.50. The molecule has 0 heterocycles. The molecule has 1 N–H and O–H groups in total. The molecular formula is C14H21ClFNO. The first-order valence-corrected chi connectivity index (χ1v) is 6.46. The van der Waals surface area contributed by atoms with E-state index in [2.05, 4.69) is 19.2 Å². The van der Waals surface area contributed by atoms with Crippen LogP contribution in [-0.4, -0.2) is 20.3 Å². The summed E-state index contributed by atoms with van der Waals surface area (Å²) in [6.07, 6.45) is 0.980. The van der Waals surface area contributed by atoms with Gasteiger partial charge in [-0.25, -0.2) is 4.39 Å². The van der Waals surface area contributed by atoms with Gasteiger partial charge in [0.2, 0.25) is 0 Å². The topological polar surface area (TPSA) is 21.3 Å². The zero-order valence-corrected chi connectivity index (χ0v) is 12.0. The smallest absolute Gasteiger partial charge is 0.123 e. The number of benzene rings is 1. The van der Waals surface area contributed by atoms with Crippen LogP contribution in [0.3, 0.4) is 0 Å². The van der Waals surface area contributed by atoms with E-state index in [1.54, 1.807) is 13.2 Å². The molecule has 18 heavy (non-hydrogen) atoms. The molecule has 0 saturated heterocycles. The molecule has 0 saturated carbocycles. The molecule has 2 nitrogen and oxygen atoms in total. The van der Waals surface area contributed by atoms with Gasteiger partial charge in [-0.2, -0.15) is 0 Å². The van der Waals surface area contributed by atoms with Crippen LogP contribution in [0.15, 0.2) is 18.2 Å². The molecule has 1 aromatic carbocycles. The number of methoxy groups -OCH3 is 1. The van der Waals surface area contributed by atoms with Gasteiger partial charge in [-0.05, 0) is 35.6 Å². The first-order valence-electron chi connectivity index (χ1n) is 6.08. The zero-order valence-electron chi connectivity index (χ0n) is 11.2. The molecule has 4 heteroatoms. The maximum absolute atomic E-state index is 13.1. The molecule has 0 fully saturated rings. The van der Waals surface area contributed by atoms with Crippen molar-refractivity contribution in [3.63, 3.8) is 0 Å². The third kappa shape index (κ3) is 5.34. The normalized spacial score (nSPS) is 11.8. The van der Waals surface area contributed by atoms with Gasteiger partial charge in [0.1, 0.15) is 5.82 Å². The fourth-order valence-corrected chi connectivity index (χ4v) is 1.87. The minimum absolute atomic E-state index is 0.149. The summed E-state index contributed by atoms with van der Waals surface area (Å²) in [6, 6.07) is 4.43. The minimum atomic E-state index is -0.255. The molecule has 0 aliphatic carbocycles. The van der Waals surface area contributed by atoms with Crippen molar-refractivity contribution in [1.82, 2.24) is 5.32 Å². The Morgan fingerprint density at radius 2 is 2.11 bits per heavy atom. The van der Waals surface area contributed by atoms with Crippen molar-refractivity contribution >= 4 is 11.6 Å². The second kappa shape index (κ2) is 7.07. The summed E-state index contributed by atoms with van der Waals surface area (Å²) in [4.78, 5) is 0. The van der Waals surface area contributed by atoms with E-state index < -0.39 is 0 Å². The average Bonchev–Trinajstić information content (AvgIpc) is 2.31. The third-order valence-electron chi connectivity index (χ3n) is 2.91. The van der Waals surface area contributed by atoms with Crippen molar-refractivity contribution in [2.75, 3.05) is 20.3 Å². The molecule has 0 unspecified atom stereocenters. The standard InChI is InChI=1S/C14H21ClFNO/c1-14(2,6-7-18-3)10-17-9-11-8-12(16)4-5-13(11)15/h4-5,8,17H,6-7,9-10H2,1-3H3. The summed E-state index contributed by atoms with van der Waals surface area (Å²) >= 11 is 6.00. The highest BCUT2D eigenvalue weighted by molar-refractivity contribution is 6.31. The first kappa shape index (κ1) is 15.4. The Hall–Kier alpha value is -0.640. The maximum Gasteiger partial charge on any atom is 0.123 e. The number of halogens is 2. The molecule has 0 aliphatic heterocycles. The van der Waals surface area contributed by atoms with Crippen LogP contribution in [0.25, 0.3) is 0 Å². The molecule has 0 radical (unpaired) electrons. The molecule has 0 aromatic heterocycles. The summed E-state index contributed by atoms with van der Waals surface area (Å²) in [7, 11) is 1.70. The lowest BCUT2D eigenvalue weighted by Gasteiger charge is -2.24. The largest absolute Gasteiger partial charge is 0.385 e. The zero-order chi connectivity index (χ0) is 13.6. The van der Waals surface area contributed by atoms with Gasteiger partial charge in [-0.1, -0.05) is 25.4 Å². The quantitative estimate of drug-likeness (QED) is 0.819. The second-order valence-corrected chi connectivity index (χ2v) is 5.65. The number of hydrogen-bond donors (Lipinski definition) is 1. The van der Waals surface area contributed by atoms with Gasteiger partial charge in [0, 0.05) is 31.8 Å². The van der Waals surface area contributed by atoms with Crippen molar-refractivity contribution in [1.29, 1.82) is 0 Å². The minimum Gasteiger partial charge on any atom is -0.385 e. The molecule has 0 spiro atoms. The van der Waals surface area contributed by atoms with Crippen molar-refractivity contribution in [2.45, 2.75) is 26.8 Å². The van der Waals surface area contributed by atoms with Crippen molar-refractivity contribution in [2.24, 2.45) is 5.41 Å². The molecule has 102 valence electrons. The van der Waals surface area contributed by atoms with Crippen molar-refractivity contribution < 1.29 is 9.13 Å². The average molecular weight is 274 g/mol. The van der Waals surface area contributed by atoms with Gasteiger partial charge >= 0.3 is 0 Å². The van der Waals surface area contributed by atoms with Crippen LogP contribution in [0.1, 0.15) is 25.8 Å². The van der Waals surface area contributed by atoms with Crippen molar-refractivity contribution in [3.05, 3.63) is 34.6 Å². The van der Waals surface area contributed by atoms with Gasteiger partial charge < -0.3 is 10.1 Å².